The molecular formula is C24H26N2O4. The molecule has 0 saturated heterocycles. The van der Waals surface area contributed by atoms with Gasteiger partial charge in [0.25, 0.3) is 0 Å². The predicted octanol–water partition coefficient (Wildman–Crippen LogP) is 4.32. The van der Waals surface area contributed by atoms with E-state index in [2.05, 4.69) is 10.6 Å². The van der Waals surface area contributed by atoms with Crippen LogP contribution in [0.3, 0.4) is 0 Å². The monoisotopic (exact) mass is 406 g/mol. The van der Waals surface area contributed by atoms with Crippen LogP contribution in [0.1, 0.15) is 31.9 Å². The number of Topliss-reactive ketones (excluding diaryl/α,β-unsaturated/α-hetero) is 1. The fourth-order valence-corrected chi connectivity index (χ4v) is 4.33. The van der Waals surface area contributed by atoms with Gasteiger partial charge < -0.3 is 20.1 Å². The average molecular weight is 406 g/mol. The SMILES string of the molecule is CCOc1cccc([C@H]2Nc3ccccc3NC3=C2C(=O)[C@@H](C(=O)OC)[C@H](C)C3)c1. The van der Waals surface area contributed by atoms with E-state index in [0.29, 0.717) is 18.6 Å². The van der Waals surface area contributed by atoms with E-state index in [9.17, 15) is 9.59 Å². The van der Waals surface area contributed by atoms with Crippen molar-refractivity contribution in [3.8, 4) is 5.75 Å². The maximum atomic E-state index is 13.6. The van der Waals surface area contributed by atoms with Crippen molar-refractivity contribution in [1.29, 1.82) is 0 Å². The Labute approximate surface area is 176 Å². The van der Waals surface area contributed by atoms with Crippen molar-refractivity contribution in [2.45, 2.75) is 26.3 Å². The molecule has 1 aliphatic carbocycles. The highest BCUT2D eigenvalue weighted by molar-refractivity contribution is 6.11. The second kappa shape index (κ2) is 8.22. The lowest BCUT2D eigenvalue weighted by molar-refractivity contribution is -0.151. The number of anilines is 2. The third-order valence-electron chi connectivity index (χ3n) is 5.73. The number of hydrogen-bond acceptors (Lipinski definition) is 6. The molecule has 0 unspecified atom stereocenters. The molecule has 0 radical (unpaired) electrons. The fraction of sp³-hybridized carbons (Fsp3) is 0.333. The van der Waals surface area contributed by atoms with Gasteiger partial charge in [-0.05, 0) is 49.1 Å². The van der Waals surface area contributed by atoms with E-state index in [1.165, 1.54) is 7.11 Å². The summed E-state index contributed by atoms with van der Waals surface area (Å²) in [6.07, 6.45) is 0.582. The van der Waals surface area contributed by atoms with Crippen LogP contribution in [0.2, 0.25) is 0 Å². The van der Waals surface area contributed by atoms with Crippen LogP contribution in [0.5, 0.6) is 5.75 Å². The number of para-hydroxylation sites is 2. The van der Waals surface area contributed by atoms with E-state index in [0.717, 1.165) is 28.4 Å². The highest BCUT2D eigenvalue weighted by atomic mass is 16.5. The van der Waals surface area contributed by atoms with Crippen molar-refractivity contribution < 1.29 is 19.1 Å². The molecule has 0 fully saturated rings. The number of ketones is 1. The molecule has 4 rings (SSSR count). The first-order valence-electron chi connectivity index (χ1n) is 10.2. The molecule has 6 heteroatoms. The van der Waals surface area contributed by atoms with Crippen LogP contribution in [0, 0.1) is 11.8 Å². The normalized spacial score (nSPS) is 22.8. The maximum Gasteiger partial charge on any atom is 0.316 e. The zero-order chi connectivity index (χ0) is 21.3. The molecular weight excluding hydrogens is 380 g/mol. The van der Waals surface area contributed by atoms with Crippen molar-refractivity contribution in [1.82, 2.24) is 0 Å². The van der Waals surface area contributed by atoms with Crippen LogP contribution in [0.25, 0.3) is 0 Å². The minimum absolute atomic E-state index is 0.156. The second-order valence-electron chi connectivity index (χ2n) is 7.69. The smallest absolute Gasteiger partial charge is 0.316 e. The number of hydrogen-bond donors (Lipinski definition) is 2. The Balaban J connectivity index is 1.85. The van der Waals surface area contributed by atoms with Crippen molar-refractivity contribution in [2.24, 2.45) is 11.8 Å². The van der Waals surface area contributed by atoms with Gasteiger partial charge in [0.2, 0.25) is 0 Å². The molecule has 2 aliphatic rings. The Morgan fingerprint density at radius 1 is 1.13 bits per heavy atom. The lowest BCUT2D eigenvalue weighted by atomic mass is 9.75. The van der Waals surface area contributed by atoms with Crippen molar-refractivity contribution in [3.63, 3.8) is 0 Å². The first kappa shape index (κ1) is 20.0. The molecule has 6 nitrogen and oxygen atoms in total. The Kier molecular flexibility index (Phi) is 5.48. The molecule has 0 saturated carbocycles. The van der Waals surface area contributed by atoms with E-state index >= 15 is 0 Å². The number of rotatable bonds is 4. The number of nitrogens with one attached hydrogen (secondary N) is 2. The maximum absolute atomic E-state index is 13.6. The van der Waals surface area contributed by atoms with Crippen LogP contribution in [0.4, 0.5) is 11.4 Å². The number of methoxy groups -OCH3 is 1. The summed E-state index contributed by atoms with van der Waals surface area (Å²) >= 11 is 0. The minimum Gasteiger partial charge on any atom is -0.494 e. The molecule has 3 atom stereocenters. The fourth-order valence-electron chi connectivity index (χ4n) is 4.33. The summed E-state index contributed by atoms with van der Waals surface area (Å²) in [6.45, 7) is 4.41. The van der Waals surface area contributed by atoms with Crippen molar-refractivity contribution in [3.05, 3.63) is 65.4 Å². The molecule has 2 aromatic carbocycles. The molecule has 0 bridgehead atoms. The number of benzene rings is 2. The summed E-state index contributed by atoms with van der Waals surface area (Å²) in [7, 11) is 1.33. The lowest BCUT2D eigenvalue weighted by Crippen LogP contribution is -2.39. The Hall–Kier alpha value is -3.28. The van der Waals surface area contributed by atoms with E-state index in [1.807, 2.05) is 62.4 Å². The molecule has 1 aliphatic heterocycles. The predicted molar refractivity (Wildman–Crippen MR) is 115 cm³/mol. The van der Waals surface area contributed by atoms with E-state index < -0.39 is 17.9 Å². The van der Waals surface area contributed by atoms with Crippen LogP contribution in [0.15, 0.2) is 59.8 Å². The second-order valence-corrected chi connectivity index (χ2v) is 7.69. The first-order chi connectivity index (χ1) is 14.5. The van der Waals surface area contributed by atoms with Gasteiger partial charge in [-0.2, -0.15) is 0 Å². The minimum atomic E-state index is -0.809. The van der Waals surface area contributed by atoms with Crippen LogP contribution < -0.4 is 15.4 Å². The molecule has 0 spiro atoms. The number of carbonyl (C=O) groups is 2. The van der Waals surface area contributed by atoms with Gasteiger partial charge in [-0.15, -0.1) is 0 Å². The molecule has 2 N–H and O–H groups in total. The third-order valence-corrected chi connectivity index (χ3v) is 5.73. The van der Waals surface area contributed by atoms with Gasteiger partial charge in [-0.3, -0.25) is 9.59 Å². The third kappa shape index (κ3) is 3.54. The number of esters is 1. The first-order valence-corrected chi connectivity index (χ1v) is 10.2. The van der Waals surface area contributed by atoms with Gasteiger partial charge in [0.05, 0.1) is 31.1 Å². The molecule has 30 heavy (non-hydrogen) atoms. The Morgan fingerprint density at radius 3 is 2.63 bits per heavy atom. The zero-order valence-electron chi connectivity index (χ0n) is 17.4. The molecule has 0 aromatic heterocycles. The lowest BCUT2D eigenvalue weighted by Gasteiger charge is -2.32. The molecule has 1 heterocycles. The average Bonchev–Trinajstić information content (AvgIpc) is 2.90. The van der Waals surface area contributed by atoms with Gasteiger partial charge >= 0.3 is 5.97 Å². The summed E-state index contributed by atoms with van der Waals surface area (Å²) in [4.78, 5) is 26.0. The number of allylic oxidation sites excluding steroid dienone is 1. The van der Waals surface area contributed by atoms with Gasteiger partial charge in [-0.1, -0.05) is 31.2 Å². The van der Waals surface area contributed by atoms with Crippen LogP contribution in [-0.2, 0) is 14.3 Å². The van der Waals surface area contributed by atoms with Gasteiger partial charge in [-0.25, -0.2) is 0 Å². The zero-order valence-corrected chi connectivity index (χ0v) is 17.4. The molecule has 0 amide bonds. The summed E-state index contributed by atoms with van der Waals surface area (Å²) < 4.78 is 10.6. The highest BCUT2D eigenvalue weighted by Gasteiger charge is 2.44. The molecule has 156 valence electrons. The Bertz CT molecular complexity index is 1010. The summed E-state index contributed by atoms with van der Waals surface area (Å²) in [5.41, 5.74) is 4.13. The largest absolute Gasteiger partial charge is 0.494 e. The molecule has 2 aromatic rings. The number of fused-ring (bicyclic) bond motifs is 1. The van der Waals surface area contributed by atoms with Crippen molar-refractivity contribution in [2.75, 3.05) is 24.4 Å². The van der Waals surface area contributed by atoms with Crippen molar-refractivity contribution >= 4 is 23.1 Å². The van der Waals surface area contributed by atoms with Gasteiger partial charge in [0.1, 0.15) is 11.7 Å². The van der Waals surface area contributed by atoms with Gasteiger partial charge in [0, 0.05) is 11.3 Å². The quantitative estimate of drug-likeness (QED) is 0.582. The van der Waals surface area contributed by atoms with E-state index in [-0.39, 0.29) is 11.7 Å². The summed E-state index contributed by atoms with van der Waals surface area (Å²) in [5, 5.41) is 6.97. The van der Waals surface area contributed by atoms with E-state index in [1.54, 1.807) is 0 Å². The van der Waals surface area contributed by atoms with Gasteiger partial charge in [0.15, 0.2) is 5.78 Å². The highest BCUT2D eigenvalue weighted by Crippen LogP contribution is 2.44. The number of carbonyl (C=O) groups excluding carboxylic acids is 2. The van der Waals surface area contributed by atoms with E-state index in [4.69, 9.17) is 9.47 Å². The summed E-state index contributed by atoms with van der Waals surface area (Å²) in [5.74, 6) is -0.906. The number of ether oxygens (including phenoxy) is 2. The summed E-state index contributed by atoms with van der Waals surface area (Å²) in [6, 6.07) is 15.2. The van der Waals surface area contributed by atoms with Crippen LogP contribution in [-0.4, -0.2) is 25.5 Å². The Morgan fingerprint density at radius 2 is 1.90 bits per heavy atom. The standard InChI is InChI=1S/C24H26N2O4/c1-4-30-16-9-7-8-15(13-16)22-21-19(25-17-10-5-6-11-18(17)26-22)12-14(2)20(23(21)27)24(28)29-3/h5-11,13-14,20,22,25-26H,4,12H2,1-3H3/t14-,20+,22-/m1/s1. The van der Waals surface area contributed by atoms with Crippen LogP contribution >= 0.6 is 0 Å². The topological polar surface area (TPSA) is 76.7 Å².